The Labute approximate surface area is 109 Å². The molecule has 0 saturated carbocycles. The van der Waals surface area contributed by atoms with Crippen molar-refractivity contribution in [3.05, 3.63) is 22.6 Å². The number of aryl methyl sites for hydroxylation is 2. The normalized spacial score (nSPS) is 11.7. The van der Waals surface area contributed by atoms with Gasteiger partial charge < -0.3 is 14.4 Å². The quantitative estimate of drug-likeness (QED) is 0.896. The van der Waals surface area contributed by atoms with Gasteiger partial charge in [0, 0.05) is 18.7 Å². The van der Waals surface area contributed by atoms with E-state index >= 15 is 0 Å². The first-order valence-electron chi connectivity index (χ1n) is 6.25. The molecule has 1 aromatic heterocycles. The van der Waals surface area contributed by atoms with Crippen LogP contribution in [0.5, 0.6) is 0 Å². The predicted molar refractivity (Wildman–Crippen MR) is 70.8 cm³/mol. The largest absolute Gasteiger partial charge is 0.466 e. The van der Waals surface area contributed by atoms with E-state index in [1.807, 2.05) is 20.8 Å². The van der Waals surface area contributed by atoms with Gasteiger partial charge in [0.1, 0.15) is 11.5 Å². The highest BCUT2D eigenvalue weighted by Crippen LogP contribution is 2.23. The van der Waals surface area contributed by atoms with Gasteiger partial charge >= 0.3 is 0 Å². The van der Waals surface area contributed by atoms with E-state index in [4.69, 9.17) is 4.42 Å². The highest BCUT2D eigenvalue weighted by atomic mass is 16.3. The second kappa shape index (κ2) is 5.14. The highest BCUT2D eigenvalue weighted by Gasteiger charge is 2.26. The molecule has 18 heavy (non-hydrogen) atoms. The molecule has 0 bridgehead atoms. The fraction of sp³-hybridized carbons (Fsp3) is 0.643. The molecule has 4 heteroatoms. The first kappa shape index (κ1) is 14.8. The summed E-state index contributed by atoms with van der Waals surface area (Å²) in [5.74, 6) is 1.34. The standard InChI is InChI=1S/C14H23NO3/c1-7-15(8-14(5,6)17)13(16)12-9(2)10(3)18-11(12)4/h17H,7-8H2,1-6H3. The molecule has 0 aliphatic carbocycles. The van der Waals surface area contributed by atoms with Crippen molar-refractivity contribution >= 4 is 5.91 Å². The van der Waals surface area contributed by atoms with Gasteiger partial charge in [0.15, 0.2) is 0 Å². The molecular formula is C14H23NO3. The number of nitrogens with zero attached hydrogens (tertiary/aromatic N) is 1. The molecule has 102 valence electrons. The van der Waals surface area contributed by atoms with Crippen LogP contribution in [0.15, 0.2) is 4.42 Å². The minimum Gasteiger partial charge on any atom is -0.466 e. The van der Waals surface area contributed by atoms with Crippen molar-refractivity contribution in [2.45, 2.75) is 47.1 Å². The number of furan rings is 1. The summed E-state index contributed by atoms with van der Waals surface area (Å²) < 4.78 is 5.48. The van der Waals surface area contributed by atoms with Crippen LogP contribution in [-0.4, -0.2) is 34.6 Å². The molecule has 0 saturated heterocycles. The van der Waals surface area contributed by atoms with Crippen molar-refractivity contribution in [1.29, 1.82) is 0 Å². The van der Waals surface area contributed by atoms with Gasteiger partial charge in [0.2, 0.25) is 0 Å². The lowest BCUT2D eigenvalue weighted by Gasteiger charge is -2.28. The molecule has 1 rings (SSSR count). The molecule has 1 amide bonds. The molecule has 0 fully saturated rings. The van der Waals surface area contributed by atoms with Gasteiger partial charge in [-0.3, -0.25) is 4.79 Å². The van der Waals surface area contributed by atoms with Crippen molar-refractivity contribution in [3.63, 3.8) is 0 Å². The zero-order valence-electron chi connectivity index (χ0n) is 12.1. The molecule has 0 aliphatic rings. The van der Waals surface area contributed by atoms with E-state index in [1.54, 1.807) is 25.7 Å². The third-order valence-electron chi connectivity index (χ3n) is 3.02. The Morgan fingerprint density at radius 2 is 1.83 bits per heavy atom. The summed E-state index contributed by atoms with van der Waals surface area (Å²) in [6.07, 6.45) is 0. The summed E-state index contributed by atoms with van der Waals surface area (Å²) in [4.78, 5) is 14.1. The summed E-state index contributed by atoms with van der Waals surface area (Å²) in [6, 6.07) is 0. The summed E-state index contributed by atoms with van der Waals surface area (Å²) in [7, 11) is 0. The first-order valence-corrected chi connectivity index (χ1v) is 6.25. The van der Waals surface area contributed by atoms with Crippen LogP contribution in [0.4, 0.5) is 0 Å². The lowest BCUT2D eigenvalue weighted by atomic mass is 10.1. The molecule has 0 atom stereocenters. The number of rotatable bonds is 4. The Balaban J connectivity index is 3.04. The zero-order valence-corrected chi connectivity index (χ0v) is 12.1. The average molecular weight is 253 g/mol. The van der Waals surface area contributed by atoms with Crippen LogP contribution >= 0.6 is 0 Å². The maximum Gasteiger partial charge on any atom is 0.257 e. The van der Waals surface area contributed by atoms with Crippen LogP contribution in [0, 0.1) is 20.8 Å². The SMILES string of the molecule is CCN(CC(C)(C)O)C(=O)c1c(C)oc(C)c1C. The molecule has 0 aromatic carbocycles. The van der Waals surface area contributed by atoms with Crippen LogP contribution in [0.2, 0.25) is 0 Å². The van der Waals surface area contributed by atoms with Crippen molar-refractivity contribution in [1.82, 2.24) is 4.90 Å². The molecule has 0 aliphatic heterocycles. The van der Waals surface area contributed by atoms with Gasteiger partial charge in [-0.25, -0.2) is 0 Å². The average Bonchev–Trinajstić information content (AvgIpc) is 2.48. The third-order valence-corrected chi connectivity index (χ3v) is 3.02. The van der Waals surface area contributed by atoms with E-state index in [0.717, 1.165) is 11.3 Å². The molecular weight excluding hydrogens is 230 g/mol. The Hall–Kier alpha value is -1.29. The molecule has 1 N–H and O–H groups in total. The van der Waals surface area contributed by atoms with Gasteiger partial charge in [-0.1, -0.05) is 0 Å². The predicted octanol–water partition coefficient (Wildman–Crippen LogP) is 2.44. The van der Waals surface area contributed by atoms with Gasteiger partial charge in [-0.05, 0) is 41.5 Å². The van der Waals surface area contributed by atoms with E-state index in [-0.39, 0.29) is 5.91 Å². The summed E-state index contributed by atoms with van der Waals surface area (Å²) in [6.45, 7) is 11.7. The molecule has 0 unspecified atom stereocenters. The molecule has 1 aromatic rings. The van der Waals surface area contributed by atoms with Gasteiger partial charge in [-0.2, -0.15) is 0 Å². The Morgan fingerprint density at radius 3 is 2.17 bits per heavy atom. The van der Waals surface area contributed by atoms with Gasteiger partial charge in [0.25, 0.3) is 5.91 Å². The highest BCUT2D eigenvalue weighted by molar-refractivity contribution is 5.96. The number of carbonyl (C=O) groups is 1. The molecule has 1 heterocycles. The van der Waals surface area contributed by atoms with E-state index in [2.05, 4.69) is 0 Å². The third kappa shape index (κ3) is 3.13. The van der Waals surface area contributed by atoms with Crippen LogP contribution in [0.25, 0.3) is 0 Å². The number of likely N-dealkylation sites (N-methyl/N-ethyl adjacent to an activating group) is 1. The Bertz CT molecular complexity index is 441. The fourth-order valence-electron chi connectivity index (χ4n) is 2.06. The van der Waals surface area contributed by atoms with E-state index in [9.17, 15) is 9.90 Å². The van der Waals surface area contributed by atoms with E-state index in [1.165, 1.54) is 0 Å². The van der Waals surface area contributed by atoms with Crippen molar-refractivity contribution < 1.29 is 14.3 Å². The monoisotopic (exact) mass is 253 g/mol. The lowest BCUT2D eigenvalue weighted by molar-refractivity contribution is 0.0313. The van der Waals surface area contributed by atoms with Gasteiger partial charge in [-0.15, -0.1) is 0 Å². The fourth-order valence-corrected chi connectivity index (χ4v) is 2.06. The van der Waals surface area contributed by atoms with Crippen LogP contribution in [0.3, 0.4) is 0 Å². The lowest BCUT2D eigenvalue weighted by Crippen LogP contribution is -2.42. The number of hydrogen-bond donors (Lipinski definition) is 1. The Morgan fingerprint density at radius 1 is 1.28 bits per heavy atom. The smallest absolute Gasteiger partial charge is 0.257 e. The Kier molecular flexibility index (Phi) is 4.22. The minimum atomic E-state index is -0.897. The second-order valence-corrected chi connectivity index (χ2v) is 5.35. The summed E-state index contributed by atoms with van der Waals surface area (Å²) in [5.41, 5.74) is 0.608. The van der Waals surface area contributed by atoms with E-state index in [0.29, 0.717) is 24.4 Å². The first-order chi connectivity index (χ1) is 8.17. The summed E-state index contributed by atoms with van der Waals surface area (Å²) in [5, 5.41) is 9.84. The van der Waals surface area contributed by atoms with E-state index < -0.39 is 5.60 Å². The second-order valence-electron chi connectivity index (χ2n) is 5.35. The zero-order chi connectivity index (χ0) is 14.1. The minimum absolute atomic E-state index is 0.0773. The van der Waals surface area contributed by atoms with Crippen LogP contribution < -0.4 is 0 Å². The number of hydrogen-bond acceptors (Lipinski definition) is 3. The topological polar surface area (TPSA) is 53.7 Å². The number of amides is 1. The molecule has 0 spiro atoms. The van der Waals surface area contributed by atoms with Gasteiger partial charge in [0.05, 0.1) is 11.2 Å². The maximum atomic E-state index is 12.5. The van der Waals surface area contributed by atoms with Crippen molar-refractivity contribution in [2.75, 3.05) is 13.1 Å². The number of aliphatic hydroxyl groups is 1. The van der Waals surface area contributed by atoms with Crippen LogP contribution in [0.1, 0.15) is 48.2 Å². The molecule has 0 radical (unpaired) electrons. The number of carbonyl (C=O) groups excluding carboxylic acids is 1. The summed E-state index contributed by atoms with van der Waals surface area (Å²) >= 11 is 0. The maximum absolute atomic E-state index is 12.5. The van der Waals surface area contributed by atoms with Crippen molar-refractivity contribution in [3.8, 4) is 0 Å². The van der Waals surface area contributed by atoms with Crippen molar-refractivity contribution in [2.24, 2.45) is 0 Å². The van der Waals surface area contributed by atoms with Crippen LogP contribution in [-0.2, 0) is 0 Å². The molecule has 4 nitrogen and oxygen atoms in total.